The maximum atomic E-state index is 10.6. The van der Waals surface area contributed by atoms with E-state index in [0.29, 0.717) is 5.69 Å². The van der Waals surface area contributed by atoms with Crippen LogP contribution in [0.25, 0.3) is 0 Å². The highest BCUT2D eigenvalue weighted by atomic mass is 16.5. The van der Waals surface area contributed by atoms with Crippen LogP contribution in [0.5, 0.6) is 5.88 Å². The van der Waals surface area contributed by atoms with Gasteiger partial charge in [0, 0.05) is 6.08 Å². The van der Waals surface area contributed by atoms with Crippen LogP contribution < -0.4 is 4.74 Å². The molecule has 1 heterocycles. The number of H-pyrrole nitrogens is 1. The summed E-state index contributed by atoms with van der Waals surface area (Å²) >= 11 is 0. The average molecular weight is 153 g/mol. The summed E-state index contributed by atoms with van der Waals surface area (Å²) < 4.78 is 4.70. The smallest absolute Gasteiger partial charge is 0.336 e. The molecule has 0 bridgehead atoms. The third-order valence-corrected chi connectivity index (χ3v) is 1.05. The summed E-state index contributed by atoms with van der Waals surface area (Å²) in [5.74, 6) is -0.269. The van der Waals surface area contributed by atoms with Crippen molar-refractivity contribution in [1.29, 1.82) is 0 Å². The molecule has 0 aliphatic rings. The van der Waals surface area contributed by atoms with Crippen molar-refractivity contribution in [2.24, 2.45) is 0 Å². The van der Waals surface area contributed by atoms with Crippen LogP contribution in [0.3, 0.4) is 0 Å². The van der Waals surface area contributed by atoms with E-state index in [1.807, 2.05) is 0 Å². The monoisotopic (exact) mass is 153 g/mol. The Labute approximate surface area is 63.1 Å². The lowest BCUT2D eigenvalue weighted by atomic mass is 10.5. The summed E-state index contributed by atoms with van der Waals surface area (Å²) in [6.45, 7) is 4.92. The number of aryl methyl sites for hydroxylation is 1. The van der Waals surface area contributed by atoms with Crippen LogP contribution in [0, 0.1) is 6.92 Å². The lowest BCUT2D eigenvalue weighted by Crippen LogP contribution is -2.04. The Kier molecular flexibility index (Phi) is 2.00. The first-order chi connectivity index (χ1) is 5.24. The second-order valence-electron chi connectivity index (χ2n) is 1.85. The van der Waals surface area contributed by atoms with Gasteiger partial charge < -0.3 is 4.74 Å². The quantitative estimate of drug-likeness (QED) is 0.487. The third-order valence-electron chi connectivity index (χ3n) is 1.05. The summed E-state index contributed by atoms with van der Waals surface area (Å²) in [4.78, 5) is 10.6. The summed E-state index contributed by atoms with van der Waals surface area (Å²) in [7, 11) is 0. The Bertz CT molecular complexity index is 279. The first-order valence-electron chi connectivity index (χ1n) is 2.96. The molecule has 5 heteroatoms. The first kappa shape index (κ1) is 7.46. The van der Waals surface area contributed by atoms with E-state index in [1.165, 1.54) is 0 Å². The Hall–Kier alpha value is -1.65. The van der Waals surface area contributed by atoms with Crippen molar-refractivity contribution >= 4 is 5.97 Å². The van der Waals surface area contributed by atoms with Crippen LogP contribution in [0.4, 0.5) is 0 Å². The Balaban J connectivity index is 2.71. The molecule has 0 fully saturated rings. The first-order valence-corrected chi connectivity index (χ1v) is 2.96. The number of nitrogens with one attached hydrogen (secondary N) is 1. The van der Waals surface area contributed by atoms with Gasteiger partial charge in [-0.15, -0.1) is 5.10 Å². The van der Waals surface area contributed by atoms with Crippen LogP contribution in [-0.2, 0) is 4.79 Å². The molecule has 1 aromatic heterocycles. The van der Waals surface area contributed by atoms with Gasteiger partial charge in [0.1, 0.15) is 5.69 Å². The molecule has 0 saturated carbocycles. The van der Waals surface area contributed by atoms with Crippen molar-refractivity contribution in [3.63, 3.8) is 0 Å². The second-order valence-corrected chi connectivity index (χ2v) is 1.85. The highest BCUT2D eigenvalue weighted by Crippen LogP contribution is 2.08. The molecule has 5 nitrogen and oxygen atoms in total. The minimum absolute atomic E-state index is 0.259. The topological polar surface area (TPSA) is 67.9 Å². The van der Waals surface area contributed by atoms with Crippen LogP contribution in [-0.4, -0.2) is 21.4 Å². The number of ether oxygens (including phenoxy) is 1. The average Bonchev–Trinajstić information content (AvgIpc) is 2.37. The highest BCUT2D eigenvalue weighted by molar-refractivity contribution is 5.83. The van der Waals surface area contributed by atoms with E-state index in [0.717, 1.165) is 6.08 Å². The number of carbonyl (C=O) groups excluding carboxylic acids is 1. The van der Waals surface area contributed by atoms with Gasteiger partial charge in [-0.1, -0.05) is 11.8 Å². The fraction of sp³-hybridized carbons (Fsp3) is 0.167. The van der Waals surface area contributed by atoms with Gasteiger partial charge in [0.15, 0.2) is 0 Å². The van der Waals surface area contributed by atoms with Crippen LogP contribution in [0.2, 0.25) is 0 Å². The van der Waals surface area contributed by atoms with Crippen molar-refractivity contribution in [3.05, 3.63) is 18.3 Å². The number of esters is 1. The summed E-state index contributed by atoms with van der Waals surface area (Å²) in [5.41, 5.74) is 0.542. The van der Waals surface area contributed by atoms with Crippen molar-refractivity contribution < 1.29 is 9.53 Å². The summed E-state index contributed by atoms with van der Waals surface area (Å²) in [5, 5.41) is 9.43. The molecule has 1 N–H and O–H groups in total. The molecule has 0 atom stereocenters. The molecule has 1 rings (SSSR count). The molecular weight excluding hydrogens is 146 g/mol. The molecule has 0 aromatic carbocycles. The van der Waals surface area contributed by atoms with Crippen molar-refractivity contribution in [3.8, 4) is 5.88 Å². The van der Waals surface area contributed by atoms with Gasteiger partial charge in [-0.2, -0.15) is 0 Å². The molecule has 0 saturated heterocycles. The second kappa shape index (κ2) is 2.96. The Morgan fingerprint density at radius 2 is 2.55 bits per heavy atom. The van der Waals surface area contributed by atoms with Gasteiger partial charge >= 0.3 is 5.97 Å². The van der Waals surface area contributed by atoms with E-state index >= 15 is 0 Å². The number of hydrogen-bond donors (Lipinski definition) is 1. The van der Waals surface area contributed by atoms with Gasteiger partial charge in [0.05, 0.1) is 0 Å². The Morgan fingerprint density at radius 3 is 3.00 bits per heavy atom. The van der Waals surface area contributed by atoms with E-state index < -0.39 is 5.97 Å². The van der Waals surface area contributed by atoms with Crippen LogP contribution in [0.1, 0.15) is 5.69 Å². The molecule has 58 valence electrons. The minimum Gasteiger partial charge on any atom is -0.403 e. The minimum atomic E-state index is -0.529. The summed E-state index contributed by atoms with van der Waals surface area (Å²) in [6.07, 6.45) is 1.07. The highest BCUT2D eigenvalue weighted by Gasteiger charge is 2.05. The molecule has 0 aliphatic carbocycles. The number of rotatable bonds is 2. The maximum Gasteiger partial charge on any atom is 0.336 e. The molecular formula is C6H7N3O2. The number of nitrogens with zero attached hydrogens (tertiary/aromatic N) is 2. The number of aromatic amines is 1. The molecule has 0 aliphatic heterocycles. The standard InChI is InChI=1S/C6H7N3O2/c1-3-5(10)11-6-4(2)7-9-8-6/h3H,1H2,2H3,(H,7,8,9). The van der Waals surface area contributed by atoms with E-state index in [1.54, 1.807) is 6.92 Å². The van der Waals surface area contributed by atoms with Gasteiger partial charge in [-0.25, -0.2) is 9.89 Å². The third kappa shape index (κ3) is 1.64. The van der Waals surface area contributed by atoms with Gasteiger partial charge in [0.25, 0.3) is 0 Å². The van der Waals surface area contributed by atoms with E-state index in [-0.39, 0.29) is 5.88 Å². The van der Waals surface area contributed by atoms with Crippen molar-refractivity contribution in [2.45, 2.75) is 6.92 Å². The normalized spacial score (nSPS) is 9.18. The van der Waals surface area contributed by atoms with Crippen LogP contribution >= 0.6 is 0 Å². The zero-order valence-electron chi connectivity index (χ0n) is 6.00. The zero-order chi connectivity index (χ0) is 8.27. The SMILES string of the molecule is C=CC(=O)Oc1[nH]nnc1C. The number of aromatic nitrogens is 3. The van der Waals surface area contributed by atoms with E-state index in [2.05, 4.69) is 22.0 Å². The number of hydrogen-bond acceptors (Lipinski definition) is 4. The van der Waals surface area contributed by atoms with Gasteiger partial charge in [0.2, 0.25) is 5.88 Å². The lowest BCUT2D eigenvalue weighted by molar-refractivity contribution is -0.129. The molecule has 11 heavy (non-hydrogen) atoms. The van der Waals surface area contributed by atoms with Crippen LogP contribution in [0.15, 0.2) is 12.7 Å². The van der Waals surface area contributed by atoms with E-state index in [4.69, 9.17) is 4.74 Å². The van der Waals surface area contributed by atoms with Crippen molar-refractivity contribution in [2.75, 3.05) is 0 Å². The predicted octanol–water partition coefficient (Wildman–Crippen LogP) is 0.205. The van der Waals surface area contributed by atoms with Gasteiger partial charge in [-0.3, -0.25) is 0 Å². The van der Waals surface area contributed by atoms with Crippen molar-refractivity contribution in [1.82, 2.24) is 15.4 Å². The predicted molar refractivity (Wildman–Crippen MR) is 37.0 cm³/mol. The number of carbonyl (C=O) groups is 1. The zero-order valence-corrected chi connectivity index (χ0v) is 6.00. The lowest BCUT2D eigenvalue weighted by Gasteiger charge is -1.94. The summed E-state index contributed by atoms with van der Waals surface area (Å²) in [6, 6.07) is 0. The molecule has 1 aromatic rings. The maximum absolute atomic E-state index is 10.6. The van der Waals surface area contributed by atoms with Gasteiger partial charge in [-0.05, 0) is 6.92 Å². The largest absolute Gasteiger partial charge is 0.403 e. The van der Waals surface area contributed by atoms with E-state index in [9.17, 15) is 4.79 Å². The molecule has 0 unspecified atom stereocenters. The fourth-order valence-electron chi connectivity index (χ4n) is 0.511. The molecule has 0 amide bonds. The molecule has 0 spiro atoms. The molecule has 0 radical (unpaired) electrons. The fourth-order valence-corrected chi connectivity index (χ4v) is 0.511. The Morgan fingerprint density at radius 1 is 1.82 bits per heavy atom.